The zero-order valence-electron chi connectivity index (χ0n) is 13.1. The molecule has 3 aromatic carbocycles. The molecule has 24 heavy (non-hydrogen) atoms. The van der Waals surface area contributed by atoms with E-state index in [1.165, 1.54) is 10.8 Å². The highest BCUT2D eigenvalue weighted by atomic mass is 16.1. The van der Waals surface area contributed by atoms with Crippen molar-refractivity contribution in [3.63, 3.8) is 0 Å². The second-order valence-corrected chi connectivity index (χ2v) is 5.79. The largest absolute Gasteiger partial charge is 0.268 e. The van der Waals surface area contributed by atoms with Gasteiger partial charge < -0.3 is 0 Å². The normalized spacial score (nSPS) is 10.8. The molecule has 4 aromatic rings. The van der Waals surface area contributed by atoms with Crippen molar-refractivity contribution < 1.29 is 0 Å². The minimum absolute atomic E-state index is 0.136. The highest BCUT2D eigenvalue weighted by Gasteiger charge is 2.08. The number of nitrogens with one attached hydrogen (secondary N) is 1. The molecule has 3 heteroatoms. The van der Waals surface area contributed by atoms with Crippen LogP contribution in [0.4, 0.5) is 0 Å². The molecule has 0 atom stereocenters. The van der Waals surface area contributed by atoms with Crippen LogP contribution in [0.3, 0.4) is 0 Å². The van der Waals surface area contributed by atoms with Gasteiger partial charge in [-0.05, 0) is 22.4 Å². The molecule has 4 rings (SSSR count). The molecule has 1 N–H and O–H groups in total. The Bertz CT molecular complexity index is 1050. The molecule has 0 aliphatic carbocycles. The monoisotopic (exact) mass is 312 g/mol. The van der Waals surface area contributed by atoms with Gasteiger partial charge in [-0.25, -0.2) is 5.10 Å². The number of fused-ring (bicyclic) bond motifs is 1. The molecule has 0 amide bonds. The van der Waals surface area contributed by atoms with Gasteiger partial charge in [-0.3, -0.25) is 4.79 Å². The molecule has 0 saturated carbocycles. The minimum Gasteiger partial charge on any atom is -0.268 e. The van der Waals surface area contributed by atoms with Gasteiger partial charge in [0.2, 0.25) is 0 Å². The lowest BCUT2D eigenvalue weighted by Crippen LogP contribution is -2.15. The smallest absolute Gasteiger partial charge is 0.267 e. The van der Waals surface area contributed by atoms with Crippen LogP contribution in [0.1, 0.15) is 11.1 Å². The van der Waals surface area contributed by atoms with Crippen molar-refractivity contribution >= 4 is 10.8 Å². The van der Waals surface area contributed by atoms with Crippen LogP contribution in [0.15, 0.2) is 83.7 Å². The van der Waals surface area contributed by atoms with Crippen LogP contribution >= 0.6 is 0 Å². The van der Waals surface area contributed by atoms with Crippen LogP contribution in [-0.4, -0.2) is 10.2 Å². The van der Waals surface area contributed by atoms with Crippen molar-refractivity contribution in [1.82, 2.24) is 10.2 Å². The summed E-state index contributed by atoms with van der Waals surface area (Å²) in [4.78, 5) is 12.2. The third-order valence-electron chi connectivity index (χ3n) is 4.21. The number of benzene rings is 3. The third kappa shape index (κ3) is 2.72. The zero-order valence-corrected chi connectivity index (χ0v) is 13.1. The first-order valence-corrected chi connectivity index (χ1v) is 7.92. The van der Waals surface area contributed by atoms with Gasteiger partial charge in [0, 0.05) is 17.5 Å². The summed E-state index contributed by atoms with van der Waals surface area (Å²) in [7, 11) is 0. The molecule has 0 unspecified atom stereocenters. The number of hydrogen-bond donors (Lipinski definition) is 1. The van der Waals surface area contributed by atoms with E-state index in [0.717, 1.165) is 22.4 Å². The van der Waals surface area contributed by atoms with Crippen LogP contribution in [0, 0.1) is 0 Å². The maximum atomic E-state index is 12.2. The first-order valence-electron chi connectivity index (χ1n) is 7.92. The molecule has 0 saturated heterocycles. The van der Waals surface area contributed by atoms with E-state index in [4.69, 9.17) is 0 Å². The Morgan fingerprint density at radius 1 is 0.792 bits per heavy atom. The van der Waals surface area contributed by atoms with Crippen LogP contribution in [0.2, 0.25) is 0 Å². The molecule has 0 aliphatic heterocycles. The Balaban J connectivity index is 1.78. The van der Waals surface area contributed by atoms with Crippen LogP contribution in [0.25, 0.3) is 22.0 Å². The van der Waals surface area contributed by atoms with Gasteiger partial charge in [-0.1, -0.05) is 72.8 Å². The first-order chi connectivity index (χ1) is 11.8. The number of hydrogen-bond acceptors (Lipinski definition) is 2. The number of aromatic nitrogens is 2. The molecular weight excluding hydrogens is 296 g/mol. The highest BCUT2D eigenvalue weighted by Crippen LogP contribution is 2.22. The fourth-order valence-electron chi connectivity index (χ4n) is 2.99. The van der Waals surface area contributed by atoms with E-state index >= 15 is 0 Å². The summed E-state index contributed by atoms with van der Waals surface area (Å²) in [6, 6.07) is 26.2. The van der Waals surface area contributed by atoms with Gasteiger partial charge in [-0.15, -0.1) is 0 Å². The molecule has 0 bridgehead atoms. The second-order valence-electron chi connectivity index (χ2n) is 5.79. The van der Waals surface area contributed by atoms with Crippen molar-refractivity contribution in [3.8, 4) is 11.3 Å². The summed E-state index contributed by atoms with van der Waals surface area (Å²) >= 11 is 0. The maximum absolute atomic E-state index is 12.2. The molecule has 0 fully saturated rings. The first kappa shape index (κ1) is 14.4. The number of rotatable bonds is 3. The molecule has 0 spiro atoms. The van der Waals surface area contributed by atoms with Crippen molar-refractivity contribution in [1.29, 1.82) is 0 Å². The SMILES string of the molecule is O=c1[nH]nc(-c2ccccc2)cc1Cc1cccc2ccccc12. The zero-order chi connectivity index (χ0) is 16.4. The fourth-order valence-corrected chi connectivity index (χ4v) is 2.99. The lowest BCUT2D eigenvalue weighted by molar-refractivity contribution is 0.957. The summed E-state index contributed by atoms with van der Waals surface area (Å²) in [5.74, 6) is 0. The predicted octanol–water partition coefficient (Wildman–Crippen LogP) is 4.18. The Morgan fingerprint density at radius 2 is 1.54 bits per heavy atom. The van der Waals surface area contributed by atoms with E-state index in [2.05, 4.69) is 34.5 Å². The van der Waals surface area contributed by atoms with Crippen LogP contribution in [-0.2, 0) is 6.42 Å². The van der Waals surface area contributed by atoms with Crippen LogP contribution < -0.4 is 5.56 Å². The standard InChI is InChI=1S/C21H16N2O/c24-21-18(14-20(22-23-21)16-8-2-1-3-9-16)13-17-11-6-10-15-7-4-5-12-19(15)17/h1-12,14H,13H2,(H,23,24). The minimum atomic E-state index is -0.136. The quantitative estimate of drug-likeness (QED) is 0.617. The van der Waals surface area contributed by atoms with Crippen LogP contribution in [0.5, 0.6) is 0 Å². The van der Waals surface area contributed by atoms with Gasteiger partial charge in [0.1, 0.15) is 0 Å². The Hall–Kier alpha value is -3.20. The second kappa shape index (κ2) is 6.13. The molecule has 1 aromatic heterocycles. The molecule has 3 nitrogen and oxygen atoms in total. The lowest BCUT2D eigenvalue weighted by Gasteiger charge is -2.07. The van der Waals surface area contributed by atoms with E-state index in [-0.39, 0.29) is 5.56 Å². The molecule has 0 radical (unpaired) electrons. The Labute approximate surface area is 139 Å². The number of H-pyrrole nitrogens is 1. The summed E-state index contributed by atoms with van der Waals surface area (Å²) in [5.41, 5.74) is 3.50. The van der Waals surface area contributed by atoms with Gasteiger partial charge in [-0.2, -0.15) is 5.10 Å². The predicted molar refractivity (Wildman–Crippen MR) is 97.0 cm³/mol. The van der Waals surface area contributed by atoms with Gasteiger partial charge >= 0.3 is 0 Å². The Morgan fingerprint density at radius 3 is 2.42 bits per heavy atom. The van der Waals surface area contributed by atoms with Gasteiger partial charge in [0.05, 0.1) is 5.69 Å². The molecule has 0 aliphatic rings. The van der Waals surface area contributed by atoms with Crippen molar-refractivity contribution in [2.24, 2.45) is 0 Å². The average molecular weight is 312 g/mol. The van der Waals surface area contributed by atoms with E-state index in [0.29, 0.717) is 6.42 Å². The van der Waals surface area contributed by atoms with Crippen molar-refractivity contribution in [2.45, 2.75) is 6.42 Å². The average Bonchev–Trinajstić information content (AvgIpc) is 2.64. The molecule has 116 valence electrons. The van der Waals surface area contributed by atoms with E-state index in [9.17, 15) is 4.79 Å². The van der Waals surface area contributed by atoms with E-state index < -0.39 is 0 Å². The Kier molecular flexibility index (Phi) is 3.67. The topological polar surface area (TPSA) is 45.8 Å². The van der Waals surface area contributed by atoms with E-state index in [1.807, 2.05) is 54.6 Å². The summed E-state index contributed by atoms with van der Waals surface area (Å²) in [6.07, 6.45) is 0.582. The third-order valence-corrected chi connectivity index (χ3v) is 4.21. The van der Waals surface area contributed by atoms with E-state index in [1.54, 1.807) is 0 Å². The lowest BCUT2D eigenvalue weighted by atomic mass is 9.98. The highest BCUT2D eigenvalue weighted by molar-refractivity contribution is 5.85. The van der Waals surface area contributed by atoms with Crippen molar-refractivity contribution in [2.75, 3.05) is 0 Å². The number of nitrogens with zero attached hydrogens (tertiary/aromatic N) is 1. The van der Waals surface area contributed by atoms with Crippen molar-refractivity contribution in [3.05, 3.63) is 100 Å². The summed E-state index contributed by atoms with van der Waals surface area (Å²) in [6.45, 7) is 0. The maximum Gasteiger partial charge on any atom is 0.267 e. The fraction of sp³-hybridized carbons (Fsp3) is 0.0476. The molecular formula is C21H16N2O. The van der Waals surface area contributed by atoms with Gasteiger partial charge in [0.25, 0.3) is 5.56 Å². The summed E-state index contributed by atoms with van der Waals surface area (Å²) in [5, 5.41) is 9.17. The number of aromatic amines is 1. The summed E-state index contributed by atoms with van der Waals surface area (Å²) < 4.78 is 0. The van der Waals surface area contributed by atoms with Gasteiger partial charge in [0.15, 0.2) is 0 Å². The molecule has 1 heterocycles.